The molecule has 0 bridgehead atoms. The molecular formula is C24H27N7O4S. The van der Waals surface area contributed by atoms with Crippen molar-refractivity contribution < 1.29 is 17.9 Å². The maximum atomic E-state index is 11.9. The molecule has 1 aliphatic rings. The number of anilines is 2. The summed E-state index contributed by atoms with van der Waals surface area (Å²) in [6.07, 6.45) is 6.12. The zero-order valence-electron chi connectivity index (χ0n) is 20.2. The van der Waals surface area contributed by atoms with Crippen LogP contribution in [0.1, 0.15) is 11.5 Å². The molecule has 11 nitrogen and oxygen atoms in total. The average molecular weight is 510 g/mol. The second kappa shape index (κ2) is 9.80. The summed E-state index contributed by atoms with van der Waals surface area (Å²) >= 11 is 0. The van der Waals surface area contributed by atoms with Crippen LogP contribution < -0.4 is 10.1 Å². The van der Waals surface area contributed by atoms with Crippen molar-refractivity contribution in [3.63, 3.8) is 0 Å². The van der Waals surface area contributed by atoms with Crippen LogP contribution in [-0.2, 0) is 14.8 Å². The minimum atomic E-state index is -3.27. The third kappa shape index (κ3) is 5.45. The first-order valence-electron chi connectivity index (χ1n) is 11.5. The molecule has 1 saturated heterocycles. The van der Waals surface area contributed by atoms with E-state index < -0.39 is 10.0 Å². The van der Waals surface area contributed by atoms with Crippen LogP contribution in [0.15, 0.2) is 48.9 Å². The molecule has 36 heavy (non-hydrogen) atoms. The van der Waals surface area contributed by atoms with Gasteiger partial charge in [-0.05, 0) is 43.7 Å². The molecule has 5 heterocycles. The van der Waals surface area contributed by atoms with Gasteiger partial charge in [-0.2, -0.15) is 9.40 Å². The van der Waals surface area contributed by atoms with Crippen LogP contribution in [0, 0.1) is 13.8 Å². The van der Waals surface area contributed by atoms with Crippen LogP contribution in [0.5, 0.6) is 5.75 Å². The van der Waals surface area contributed by atoms with E-state index in [1.807, 2.05) is 44.3 Å². The highest BCUT2D eigenvalue weighted by molar-refractivity contribution is 7.88. The van der Waals surface area contributed by atoms with E-state index in [2.05, 4.69) is 25.4 Å². The van der Waals surface area contributed by atoms with Gasteiger partial charge in [0.05, 0.1) is 24.6 Å². The van der Waals surface area contributed by atoms with Gasteiger partial charge in [-0.3, -0.25) is 4.98 Å². The molecule has 1 fully saturated rings. The maximum Gasteiger partial charge on any atom is 0.211 e. The molecule has 0 aromatic carbocycles. The van der Waals surface area contributed by atoms with Crippen LogP contribution in [0.2, 0.25) is 0 Å². The summed E-state index contributed by atoms with van der Waals surface area (Å²) < 4.78 is 38.8. The molecule has 0 spiro atoms. The molecule has 188 valence electrons. The average Bonchev–Trinajstić information content (AvgIpc) is 3.24. The Morgan fingerprint density at radius 2 is 2.03 bits per heavy atom. The third-order valence-electron chi connectivity index (χ3n) is 5.81. The minimum Gasteiger partial charge on any atom is -0.489 e. The molecule has 0 aliphatic carbocycles. The van der Waals surface area contributed by atoms with Crippen molar-refractivity contribution >= 4 is 27.2 Å². The molecular weight excluding hydrogens is 482 g/mol. The van der Waals surface area contributed by atoms with Gasteiger partial charge in [-0.15, -0.1) is 0 Å². The Kier molecular flexibility index (Phi) is 6.56. The summed E-state index contributed by atoms with van der Waals surface area (Å²) in [5, 5.41) is 7.77. The van der Waals surface area contributed by atoms with E-state index >= 15 is 0 Å². The Morgan fingerprint density at radius 3 is 2.83 bits per heavy atom. The summed E-state index contributed by atoms with van der Waals surface area (Å²) in [4.78, 5) is 12.9. The summed E-state index contributed by atoms with van der Waals surface area (Å²) in [5.41, 5.74) is 3.56. The highest BCUT2D eigenvalue weighted by Gasteiger charge is 2.27. The van der Waals surface area contributed by atoms with E-state index in [4.69, 9.17) is 9.47 Å². The Balaban J connectivity index is 1.36. The van der Waals surface area contributed by atoms with Gasteiger partial charge >= 0.3 is 0 Å². The number of hydrogen-bond acceptors (Lipinski definition) is 9. The quantitative estimate of drug-likeness (QED) is 0.400. The van der Waals surface area contributed by atoms with Gasteiger partial charge in [0.1, 0.15) is 30.1 Å². The summed E-state index contributed by atoms with van der Waals surface area (Å²) in [6.45, 7) is 4.92. The number of fused-ring (bicyclic) bond motifs is 1. The summed E-state index contributed by atoms with van der Waals surface area (Å²) in [6, 6.07) is 9.67. The fourth-order valence-electron chi connectivity index (χ4n) is 4.05. The number of rotatable bonds is 7. The number of nitrogens with one attached hydrogen (secondary N) is 1. The number of morpholine rings is 1. The van der Waals surface area contributed by atoms with Crippen molar-refractivity contribution in [2.75, 3.05) is 37.9 Å². The summed E-state index contributed by atoms with van der Waals surface area (Å²) in [7, 11) is -3.27. The summed E-state index contributed by atoms with van der Waals surface area (Å²) in [5.74, 6) is 2.61. The van der Waals surface area contributed by atoms with Crippen LogP contribution >= 0.6 is 0 Å². The predicted octanol–water partition coefficient (Wildman–Crippen LogP) is 2.59. The van der Waals surface area contributed by atoms with Crippen molar-refractivity contribution in [1.29, 1.82) is 0 Å². The van der Waals surface area contributed by atoms with Crippen molar-refractivity contribution in [3.8, 4) is 16.9 Å². The number of hydrogen-bond donors (Lipinski definition) is 1. The number of aryl methyl sites for hydroxylation is 2. The van der Waals surface area contributed by atoms with Gasteiger partial charge in [0.25, 0.3) is 0 Å². The van der Waals surface area contributed by atoms with E-state index in [9.17, 15) is 8.42 Å². The van der Waals surface area contributed by atoms with E-state index in [-0.39, 0.29) is 19.3 Å². The van der Waals surface area contributed by atoms with Crippen LogP contribution in [0.4, 0.5) is 11.6 Å². The van der Waals surface area contributed by atoms with Gasteiger partial charge in [0.2, 0.25) is 10.0 Å². The van der Waals surface area contributed by atoms with Crippen molar-refractivity contribution in [1.82, 2.24) is 28.9 Å². The van der Waals surface area contributed by atoms with Gasteiger partial charge in [-0.25, -0.2) is 22.9 Å². The lowest BCUT2D eigenvalue weighted by molar-refractivity contribution is -0.0247. The standard InChI is InChI=1S/C24H27N7O4S/c1-16-10-21(22(13-26-16)35-15-20-14-30(8-9-34-20)36(3,32)33)18-5-7-31-19(11-18)12-24(29-31)28-23-4-6-25-17(2)27-23/h4-7,10-13,20H,8-9,14-15H2,1-3H3,(H,25,27,28,29)/t20-/m0/s1. The second-order valence-electron chi connectivity index (χ2n) is 8.68. The van der Waals surface area contributed by atoms with Gasteiger partial charge in [0, 0.05) is 42.8 Å². The smallest absolute Gasteiger partial charge is 0.211 e. The zero-order chi connectivity index (χ0) is 25.3. The molecule has 1 N–H and O–H groups in total. The van der Waals surface area contributed by atoms with Crippen molar-refractivity contribution in [2.45, 2.75) is 20.0 Å². The van der Waals surface area contributed by atoms with E-state index in [0.29, 0.717) is 36.4 Å². The molecule has 12 heteroatoms. The Bertz CT molecular complexity index is 1510. The van der Waals surface area contributed by atoms with E-state index in [1.54, 1.807) is 23.0 Å². The van der Waals surface area contributed by atoms with Crippen molar-refractivity contribution in [2.24, 2.45) is 0 Å². The maximum absolute atomic E-state index is 11.9. The fraction of sp³-hybridized carbons (Fsp3) is 0.333. The minimum absolute atomic E-state index is 0.213. The predicted molar refractivity (Wildman–Crippen MR) is 135 cm³/mol. The van der Waals surface area contributed by atoms with Crippen molar-refractivity contribution in [3.05, 3.63) is 60.4 Å². The monoisotopic (exact) mass is 509 g/mol. The molecule has 0 unspecified atom stereocenters. The van der Waals surface area contributed by atoms with Crippen LogP contribution in [-0.4, -0.2) is 76.0 Å². The molecule has 0 saturated carbocycles. The second-order valence-corrected chi connectivity index (χ2v) is 10.7. The lowest BCUT2D eigenvalue weighted by atomic mass is 10.1. The van der Waals surface area contributed by atoms with Gasteiger partial charge in [0.15, 0.2) is 5.82 Å². The number of ether oxygens (including phenoxy) is 2. The largest absolute Gasteiger partial charge is 0.489 e. The van der Waals surface area contributed by atoms with E-state index in [0.717, 1.165) is 22.3 Å². The normalized spacial score (nSPS) is 16.8. The number of pyridine rings is 2. The molecule has 1 atom stereocenters. The molecule has 4 aromatic rings. The zero-order valence-corrected chi connectivity index (χ0v) is 21.1. The molecule has 0 amide bonds. The first kappa shape index (κ1) is 24.1. The lowest BCUT2D eigenvalue weighted by Gasteiger charge is -2.31. The van der Waals surface area contributed by atoms with E-state index in [1.165, 1.54) is 10.6 Å². The lowest BCUT2D eigenvalue weighted by Crippen LogP contribution is -2.47. The SMILES string of the molecule is Cc1cc(-c2ccn3nc(Nc4ccnc(C)n4)cc3c2)c(OC[C@@H]2CN(S(C)(=O)=O)CCO2)cn1. The molecule has 5 rings (SSSR count). The first-order chi connectivity index (χ1) is 17.2. The topological polar surface area (TPSA) is 124 Å². The van der Waals surface area contributed by atoms with Gasteiger partial charge < -0.3 is 14.8 Å². The Hall–Kier alpha value is -3.61. The first-order valence-corrected chi connectivity index (χ1v) is 13.3. The van der Waals surface area contributed by atoms with Crippen LogP contribution in [0.25, 0.3) is 16.6 Å². The highest BCUT2D eigenvalue weighted by Crippen LogP contribution is 2.31. The molecule has 1 aliphatic heterocycles. The molecule has 0 radical (unpaired) electrons. The van der Waals surface area contributed by atoms with Gasteiger partial charge in [-0.1, -0.05) is 0 Å². The van der Waals surface area contributed by atoms with Crippen LogP contribution in [0.3, 0.4) is 0 Å². The third-order valence-corrected chi connectivity index (χ3v) is 7.08. The molecule has 4 aromatic heterocycles. The number of nitrogens with zero attached hydrogens (tertiary/aromatic N) is 6. The Labute approximate surface area is 209 Å². The Morgan fingerprint density at radius 1 is 1.17 bits per heavy atom. The fourth-order valence-corrected chi connectivity index (χ4v) is 4.89. The number of sulfonamides is 1. The number of aromatic nitrogens is 5. The highest BCUT2D eigenvalue weighted by atomic mass is 32.2.